The van der Waals surface area contributed by atoms with Gasteiger partial charge >= 0.3 is 5.97 Å². The van der Waals surface area contributed by atoms with E-state index in [1.807, 2.05) is 13.0 Å². The van der Waals surface area contributed by atoms with Crippen molar-refractivity contribution in [3.05, 3.63) is 47.2 Å². The Hall–Kier alpha value is -1.81. The van der Waals surface area contributed by atoms with E-state index in [0.29, 0.717) is 13.2 Å². The fraction of sp³-hybridized carbons (Fsp3) is 0.526. The summed E-state index contributed by atoms with van der Waals surface area (Å²) >= 11 is 0. The van der Waals surface area contributed by atoms with E-state index < -0.39 is 0 Å². The molecule has 1 aromatic rings. The van der Waals surface area contributed by atoms with Gasteiger partial charge in [-0.3, -0.25) is 0 Å². The maximum Gasteiger partial charge on any atom is 0.335 e. The number of hydrogen-bond acceptors (Lipinski definition) is 4. The number of carbonyl (C=O) groups is 1. The van der Waals surface area contributed by atoms with Gasteiger partial charge in [-0.05, 0) is 31.7 Å². The van der Waals surface area contributed by atoms with Crippen LogP contribution in [0.1, 0.15) is 51.1 Å². The van der Waals surface area contributed by atoms with Crippen LogP contribution < -0.4 is 0 Å². The molecule has 0 aromatic heterocycles. The molecule has 1 aromatic carbocycles. The molecule has 2 heterocycles. The topological polar surface area (TPSA) is 38.8 Å². The monoisotopic (exact) mass is 315 g/mol. The minimum absolute atomic E-state index is 0.0833. The van der Waals surface area contributed by atoms with Gasteiger partial charge in [-0.25, -0.2) is 4.79 Å². The van der Waals surface area contributed by atoms with Crippen molar-refractivity contribution in [1.29, 1.82) is 0 Å². The van der Waals surface area contributed by atoms with Crippen molar-refractivity contribution in [1.82, 2.24) is 4.90 Å². The summed E-state index contributed by atoms with van der Waals surface area (Å²) in [4.78, 5) is 14.7. The lowest BCUT2D eigenvalue weighted by Crippen LogP contribution is -2.37. The van der Waals surface area contributed by atoms with Crippen molar-refractivity contribution in [2.24, 2.45) is 0 Å². The van der Waals surface area contributed by atoms with E-state index in [1.165, 1.54) is 5.56 Å². The number of esters is 1. The van der Waals surface area contributed by atoms with Gasteiger partial charge in [0.1, 0.15) is 6.23 Å². The average molecular weight is 315 g/mol. The van der Waals surface area contributed by atoms with E-state index >= 15 is 0 Å². The first-order chi connectivity index (χ1) is 11.3. The zero-order chi connectivity index (χ0) is 16.2. The van der Waals surface area contributed by atoms with E-state index in [2.05, 4.69) is 36.1 Å². The van der Waals surface area contributed by atoms with Gasteiger partial charge in [-0.2, -0.15) is 0 Å². The molecule has 4 heteroatoms. The number of rotatable bonds is 5. The number of allylic oxidation sites excluding steroid dienone is 1. The molecule has 0 unspecified atom stereocenters. The van der Waals surface area contributed by atoms with Crippen molar-refractivity contribution < 1.29 is 14.3 Å². The van der Waals surface area contributed by atoms with Crippen LogP contribution in [0.2, 0.25) is 0 Å². The predicted molar refractivity (Wildman–Crippen MR) is 88.6 cm³/mol. The van der Waals surface area contributed by atoms with Crippen molar-refractivity contribution in [3.63, 3.8) is 0 Å². The number of nitrogens with zero attached hydrogens (tertiary/aromatic N) is 1. The molecule has 0 aliphatic carbocycles. The second kappa shape index (κ2) is 7.18. The summed E-state index contributed by atoms with van der Waals surface area (Å²) in [6.07, 6.45) is 3.57. The Labute approximate surface area is 138 Å². The van der Waals surface area contributed by atoms with Crippen LogP contribution in [0.3, 0.4) is 0 Å². The van der Waals surface area contributed by atoms with E-state index in [-0.39, 0.29) is 18.2 Å². The van der Waals surface area contributed by atoms with Crippen LogP contribution in [-0.4, -0.2) is 30.3 Å². The van der Waals surface area contributed by atoms with E-state index in [1.54, 1.807) is 0 Å². The van der Waals surface area contributed by atoms with E-state index in [4.69, 9.17) is 9.47 Å². The summed E-state index contributed by atoms with van der Waals surface area (Å²) in [5.74, 6) is -0.159. The molecule has 124 valence electrons. The van der Waals surface area contributed by atoms with Gasteiger partial charge in [0, 0.05) is 5.70 Å². The largest absolute Gasteiger partial charge is 0.463 e. The van der Waals surface area contributed by atoms with Gasteiger partial charge in [-0.15, -0.1) is 0 Å². The molecule has 0 N–H and O–H groups in total. The summed E-state index contributed by atoms with van der Waals surface area (Å²) in [5.41, 5.74) is 3.21. The lowest BCUT2D eigenvalue weighted by atomic mass is 9.95. The van der Waals surface area contributed by atoms with Gasteiger partial charge in [0.15, 0.2) is 0 Å². The van der Waals surface area contributed by atoms with Gasteiger partial charge in [0.05, 0.1) is 24.8 Å². The molecule has 3 rings (SSSR count). The minimum Gasteiger partial charge on any atom is -0.463 e. The van der Waals surface area contributed by atoms with Crippen molar-refractivity contribution in [3.8, 4) is 0 Å². The number of benzene rings is 1. The van der Waals surface area contributed by atoms with Crippen LogP contribution in [0.25, 0.3) is 0 Å². The Morgan fingerprint density at radius 2 is 2.09 bits per heavy atom. The fourth-order valence-corrected chi connectivity index (χ4v) is 3.60. The highest BCUT2D eigenvalue weighted by Crippen LogP contribution is 2.42. The molecule has 2 aliphatic rings. The van der Waals surface area contributed by atoms with Gasteiger partial charge in [0.2, 0.25) is 0 Å². The average Bonchev–Trinajstić information content (AvgIpc) is 3.01. The summed E-state index contributed by atoms with van der Waals surface area (Å²) in [6.45, 7) is 5.10. The Morgan fingerprint density at radius 1 is 1.30 bits per heavy atom. The SMILES string of the molecule is CCCC1=C(C(=O)OCC)CC[C@@H]2OC[C@H](c3ccccc3)N12. The highest BCUT2D eigenvalue weighted by molar-refractivity contribution is 5.89. The van der Waals surface area contributed by atoms with Gasteiger partial charge < -0.3 is 14.4 Å². The number of fused-ring (bicyclic) bond motifs is 1. The zero-order valence-electron chi connectivity index (χ0n) is 14.0. The third kappa shape index (κ3) is 3.13. The molecular formula is C19H25NO3. The summed E-state index contributed by atoms with van der Waals surface area (Å²) in [7, 11) is 0. The summed E-state index contributed by atoms with van der Waals surface area (Å²) < 4.78 is 11.3. The first kappa shape index (κ1) is 16.1. The smallest absolute Gasteiger partial charge is 0.335 e. The van der Waals surface area contributed by atoms with Crippen LogP contribution in [0.5, 0.6) is 0 Å². The quantitative estimate of drug-likeness (QED) is 0.775. The Morgan fingerprint density at radius 3 is 2.78 bits per heavy atom. The second-order valence-electron chi connectivity index (χ2n) is 6.06. The molecule has 23 heavy (non-hydrogen) atoms. The van der Waals surface area contributed by atoms with Crippen LogP contribution >= 0.6 is 0 Å². The first-order valence-electron chi connectivity index (χ1n) is 8.60. The van der Waals surface area contributed by atoms with E-state index in [9.17, 15) is 4.79 Å². The van der Waals surface area contributed by atoms with E-state index in [0.717, 1.165) is 37.0 Å². The normalized spacial score (nSPS) is 23.8. The molecule has 1 fully saturated rings. The molecule has 0 radical (unpaired) electrons. The lowest BCUT2D eigenvalue weighted by Gasteiger charge is -2.37. The highest BCUT2D eigenvalue weighted by atomic mass is 16.5. The van der Waals surface area contributed by atoms with Gasteiger partial charge in [0.25, 0.3) is 0 Å². The second-order valence-corrected chi connectivity index (χ2v) is 6.06. The maximum atomic E-state index is 12.4. The van der Waals surface area contributed by atoms with Crippen LogP contribution in [-0.2, 0) is 14.3 Å². The van der Waals surface area contributed by atoms with Gasteiger partial charge in [-0.1, -0.05) is 43.7 Å². The summed E-state index contributed by atoms with van der Waals surface area (Å²) in [6, 6.07) is 10.6. The van der Waals surface area contributed by atoms with Crippen LogP contribution in [0.4, 0.5) is 0 Å². The van der Waals surface area contributed by atoms with Crippen LogP contribution in [0, 0.1) is 0 Å². The van der Waals surface area contributed by atoms with Crippen LogP contribution in [0.15, 0.2) is 41.6 Å². The molecule has 0 saturated carbocycles. The highest BCUT2D eigenvalue weighted by Gasteiger charge is 2.41. The fourth-order valence-electron chi connectivity index (χ4n) is 3.60. The summed E-state index contributed by atoms with van der Waals surface area (Å²) in [5, 5.41) is 0. The van der Waals surface area contributed by atoms with Crippen molar-refractivity contribution >= 4 is 5.97 Å². The minimum atomic E-state index is -0.159. The first-order valence-corrected chi connectivity index (χ1v) is 8.60. The predicted octanol–water partition coefficient (Wildman–Crippen LogP) is 3.80. The Balaban J connectivity index is 1.97. The molecular weight excluding hydrogens is 290 g/mol. The molecule has 0 spiro atoms. The number of hydrogen-bond donors (Lipinski definition) is 0. The van der Waals surface area contributed by atoms with Crippen molar-refractivity contribution in [2.75, 3.05) is 13.2 Å². The molecule has 2 aliphatic heterocycles. The standard InChI is InChI=1S/C19H25NO3/c1-3-8-16-15(19(21)22-4-2)11-12-18-20(16)17(13-23-18)14-9-6-5-7-10-14/h5-7,9-10,17-18H,3-4,8,11-13H2,1-2H3/t17-,18+/m1/s1. The maximum absolute atomic E-state index is 12.4. The van der Waals surface area contributed by atoms with Crippen molar-refractivity contribution in [2.45, 2.75) is 51.8 Å². The zero-order valence-corrected chi connectivity index (χ0v) is 14.0. The molecule has 4 nitrogen and oxygen atoms in total. The third-order valence-corrected chi connectivity index (χ3v) is 4.59. The molecule has 0 bridgehead atoms. The number of ether oxygens (including phenoxy) is 2. The third-order valence-electron chi connectivity index (χ3n) is 4.59. The molecule has 0 amide bonds. The Bertz CT molecular complexity index is 582. The molecule has 2 atom stereocenters. The number of carbonyl (C=O) groups excluding carboxylic acids is 1. The molecule has 1 saturated heterocycles. The Kier molecular flexibility index (Phi) is 5.01. The lowest BCUT2D eigenvalue weighted by molar-refractivity contribution is -0.139.